The average Bonchev–Trinajstić information content (AvgIpc) is 2.46. The second kappa shape index (κ2) is 6.72. The van der Waals surface area contributed by atoms with Crippen molar-refractivity contribution in [3.63, 3.8) is 0 Å². The Morgan fingerprint density at radius 3 is 2.30 bits per heavy atom. The van der Waals surface area contributed by atoms with Gasteiger partial charge in [-0.1, -0.05) is 0 Å². The lowest BCUT2D eigenvalue weighted by Crippen LogP contribution is -2.05. The molecule has 0 radical (unpaired) electrons. The topological polar surface area (TPSA) is 92.6 Å². The zero-order chi connectivity index (χ0) is 15.1. The first kappa shape index (κ1) is 14.9. The second-order valence-corrected chi connectivity index (χ2v) is 3.38. The molecule has 0 unspecified atom stereocenters. The summed E-state index contributed by atoms with van der Waals surface area (Å²) >= 11 is 0. The molecule has 1 rings (SSSR count). The van der Waals surface area contributed by atoms with Crippen LogP contribution in [0.2, 0.25) is 0 Å². The molecule has 20 heavy (non-hydrogen) atoms. The van der Waals surface area contributed by atoms with E-state index in [0.717, 1.165) is 6.07 Å². The predicted molar refractivity (Wildman–Crippen MR) is 65.0 cm³/mol. The van der Waals surface area contributed by atoms with Crippen molar-refractivity contribution in [2.45, 2.75) is 6.92 Å². The molecule has 0 heterocycles. The number of nitrogens with zero attached hydrogens (tertiary/aromatic N) is 3. The number of anilines is 1. The van der Waals surface area contributed by atoms with E-state index in [2.05, 4.69) is 5.32 Å². The molecule has 0 atom stereocenters. The SMILES string of the molecule is CCOc1ccc(NC(C#N)=C(C#N)C#N)c(F)c1F. The van der Waals surface area contributed by atoms with E-state index in [0.29, 0.717) is 0 Å². The molecule has 0 saturated carbocycles. The van der Waals surface area contributed by atoms with Crippen molar-refractivity contribution in [3.8, 4) is 24.0 Å². The van der Waals surface area contributed by atoms with Gasteiger partial charge in [0.1, 0.15) is 23.9 Å². The normalized spacial score (nSPS) is 8.80. The summed E-state index contributed by atoms with van der Waals surface area (Å²) in [5, 5.41) is 28.3. The highest BCUT2D eigenvalue weighted by Crippen LogP contribution is 2.27. The molecule has 0 aromatic heterocycles. The Hall–Kier alpha value is -3.11. The van der Waals surface area contributed by atoms with Gasteiger partial charge in [0.25, 0.3) is 0 Å². The first-order valence-corrected chi connectivity index (χ1v) is 5.41. The van der Waals surface area contributed by atoms with Crippen LogP contribution < -0.4 is 10.1 Å². The number of hydrogen-bond acceptors (Lipinski definition) is 5. The summed E-state index contributed by atoms with van der Waals surface area (Å²) in [7, 11) is 0. The van der Waals surface area contributed by atoms with E-state index in [4.69, 9.17) is 20.5 Å². The largest absolute Gasteiger partial charge is 0.491 e. The summed E-state index contributed by atoms with van der Waals surface area (Å²) in [6.45, 7) is 1.78. The molecule has 0 saturated heterocycles. The number of hydrogen-bond donors (Lipinski definition) is 1. The van der Waals surface area contributed by atoms with Crippen molar-refractivity contribution < 1.29 is 13.5 Å². The Labute approximate surface area is 113 Å². The summed E-state index contributed by atoms with van der Waals surface area (Å²) in [6.07, 6.45) is 0. The van der Waals surface area contributed by atoms with Gasteiger partial charge in [0.05, 0.1) is 12.3 Å². The molecular weight excluding hydrogens is 266 g/mol. The maximum atomic E-state index is 13.7. The minimum atomic E-state index is -1.26. The first-order valence-electron chi connectivity index (χ1n) is 5.41. The molecule has 0 aliphatic heterocycles. The van der Waals surface area contributed by atoms with Crippen LogP contribution in [0.4, 0.5) is 14.5 Å². The van der Waals surface area contributed by atoms with Gasteiger partial charge in [0.15, 0.2) is 17.1 Å². The van der Waals surface area contributed by atoms with Gasteiger partial charge >= 0.3 is 0 Å². The van der Waals surface area contributed by atoms with Gasteiger partial charge in [-0.3, -0.25) is 0 Å². The number of halogens is 2. The Morgan fingerprint density at radius 2 is 1.80 bits per heavy atom. The molecule has 5 nitrogen and oxygen atoms in total. The van der Waals surface area contributed by atoms with Gasteiger partial charge in [0.2, 0.25) is 5.82 Å². The molecule has 7 heteroatoms. The van der Waals surface area contributed by atoms with Crippen LogP contribution in [-0.2, 0) is 0 Å². The molecular formula is C13H8F2N4O. The third-order valence-corrected chi connectivity index (χ3v) is 2.19. The minimum Gasteiger partial charge on any atom is -0.491 e. The molecule has 0 bridgehead atoms. The third-order valence-electron chi connectivity index (χ3n) is 2.19. The van der Waals surface area contributed by atoms with Gasteiger partial charge in [-0.05, 0) is 19.1 Å². The smallest absolute Gasteiger partial charge is 0.202 e. The van der Waals surface area contributed by atoms with Gasteiger partial charge in [0, 0.05) is 0 Å². The van der Waals surface area contributed by atoms with Gasteiger partial charge < -0.3 is 10.1 Å². The van der Waals surface area contributed by atoms with Crippen molar-refractivity contribution in [1.82, 2.24) is 0 Å². The monoisotopic (exact) mass is 274 g/mol. The van der Waals surface area contributed by atoms with Crippen LogP contribution in [0.25, 0.3) is 0 Å². The van der Waals surface area contributed by atoms with Crippen molar-refractivity contribution in [2.75, 3.05) is 11.9 Å². The fourth-order valence-electron chi connectivity index (χ4n) is 1.31. The maximum Gasteiger partial charge on any atom is 0.202 e. The lowest BCUT2D eigenvalue weighted by atomic mass is 10.2. The van der Waals surface area contributed by atoms with Crippen molar-refractivity contribution >= 4 is 5.69 Å². The standard InChI is InChI=1S/C13H8F2N4O/c1-2-20-11-4-3-9(12(14)13(11)15)19-10(7-18)8(5-16)6-17/h3-4,19H,2H2,1H3. The van der Waals surface area contributed by atoms with Crippen LogP contribution in [0.3, 0.4) is 0 Å². The van der Waals surface area contributed by atoms with Crippen molar-refractivity contribution in [1.29, 1.82) is 15.8 Å². The van der Waals surface area contributed by atoms with Gasteiger partial charge in [-0.2, -0.15) is 20.2 Å². The van der Waals surface area contributed by atoms with Crippen LogP contribution in [0.15, 0.2) is 23.4 Å². The second-order valence-electron chi connectivity index (χ2n) is 3.38. The lowest BCUT2D eigenvalue weighted by molar-refractivity contribution is 0.314. The van der Waals surface area contributed by atoms with Gasteiger partial charge in [-0.15, -0.1) is 0 Å². The highest BCUT2D eigenvalue weighted by Gasteiger charge is 2.16. The highest BCUT2D eigenvalue weighted by molar-refractivity contribution is 5.60. The highest BCUT2D eigenvalue weighted by atomic mass is 19.2. The quantitative estimate of drug-likeness (QED) is 0.852. The zero-order valence-corrected chi connectivity index (χ0v) is 10.4. The number of ether oxygens (including phenoxy) is 1. The van der Waals surface area contributed by atoms with Crippen molar-refractivity contribution in [2.24, 2.45) is 0 Å². The van der Waals surface area contributed by atoms with Crippen LogP contribution >= 0.6 is 0 Å². The van der Waals surface area contributed by atoms with Crippen LogP contribution in [-0.4, -0.2) is 6.61 Å². The van der Waals surface area contributed by atoms with E-state index in [1.165, 1.54) is 18.2 Å². The van der Waals surface area contributed by atoms with Gasteiger partial charge in [-0.25, -0.2) is 4.39 Å². The molecule has 0 aliphatic carbocycles. The van der Waals surface area contributed by atoms with Crippen molar-refractivity contribution in [3.05, 3.63) is 35.0 Å². The molecule has 1 N–H and O–H groups in total. The number of rotatable bonds is 4. The Morgan fingerprint density at radius 1 is 1.15 bits per heavy atom. The minimum absolute atomic E-state index is 0.166. The Balaban J connectivity index is 3.22. The number of allylic oxidation sites excluding steroid dienone is 2. The maximum absolute atomic E-state index is 13.7. The van der Waals surface area contributed by atoms with Crippen LogP contribution in [0, 0.1) is 45.6 Å². The van der Waals surface area contributed by atoms with Crippen LogP contribution in [0.1, 0.15) is 6.92 Å². The number of nitrogens with one attached hydrogen (secondary N) is 1. The predicted octanol–water partition coefficient (Wildman–Crippen LogP) is 2.60. The summed E-state index contributed by atoms with van der Waals surface area (Å²) in [6, 6.07) is 6.83. The molecule has 0 amide bonds. The summed E-state index contributed by atoms with van der Waals surface area (Å²) in [5.41, 5.74) is -1.36. The Kier molecular flexibility index (Phi) is 5.03. The fourth-order valence-corrected chi connectivity index (χ4v) is 1.31. The van der Waals surface area contributed by atoms with Crippen LogP contribution in [0.5, 0.6) is 5.75 Å². The molecule has 0 spiro atoms. The van der Waals surface area contributed by atoms with E-state index in [-0.39, 0.29) is 18.0 Å². The molecule has 1 aromatic rings. The van der Waals surface area contributed by atoms with E-state index in [9.17, 15) is 8.78 Å². The van der Waals surface area contributed by atoms with E-state index in [1.54, 1.807) is 13.0 Å². The van der Waals surface area contributed by atoms with E-state index in [1.807, 2.05) is 0 Å². The molecule has 100 valence electrons. The summed E-state index contributed by atoms with van der Waals surface area (Å²) in [5.74, 6) is -2.75. The zero-order valence-electron chi connectivity index (χ0n) is 10.4. The molecule has 0 fully saturated rings. The van der Waals surface area contributed by atoms with E-state index < -0.39 is 22.9 Å². The average molecular weight is 274 g/mol. The fraction of sp³-hybridized carbons (Fsp3) is 0.154. The molecule has 1 aromatic carbocycles. The lowest BCUT2D eigenvalue weighted by Gasteiger charge is -2.10. The Bertz CT molecular complexity index is 661. The number of nitriles is 3. The third kappa shape index (κ3) is 3.01. The number of benzene rings is 1. The first-order chi connectivity index (χ1) is 9.58. The summed E-state index contributed by atoms with van der Waals surface area (Å²) in [4.78, 5) is 0. The van der Waals surface area contributed by atoms with E-state index >= 15 is 0 Å². The summed E-state index contributed by atoms with van der Waals surface area (Å²) < 4.78 is 32.2. The molecule has 0 aliphatic rings.